The van der Waals surface area contributed by atoms with Gasteiger partial charge in [-0.25, -0.2) is 0 Å². The highest BCUT2D eigenvalue weighted by Crippen LogP contribution is 2.48. The molecular weight excluding hydrogens is 268 g/mol. The number of hydrogen-bond donors (Lipinski definition) is 0. The second-order valence-corrected chi connectivity index (χ2v) is 7.29. The smallest absolute Gasteiger partial charge is 0.119 e. The summed E-state index contributed by atoms with van der Waals surface area (Å²) in [6.45, 7) is 2.28. The van der Waals surface area contributed by atoms with Gasteiger partial charge in [-0.2, -0.15) is 0 Å². The normalized spacial score (nSPS) is 27.3. The first-order valence-corrected chi connectivity index (χ1v) is 9.65. The Kier molecular flexibility index (Phi) is 7.98. The number of unbranched alkanes of at least 4 members (excludes halogenated alkanes) is 6. The highest BCUT2D eigenvalue weighted by Gasteiger charge is 2.37. The minimum atomic E-state index is 0.740. The SMILES string of the molecule is CCCCCC/C=C/C1CC[C@@H]2C=C(CCCCC=O)C[C@H]12. The summed E-state index contributed by atoms with van der Waals surface area (Å²) in [5, 5.41) is 0. The maximum absolute atomic E-state index is 10.4. The van der Waals surface area contributed by atoms with Crippen LogP contribution in [-0.4, -0.2) is 6.29 Å². The summed E-state index contributed by atoms with van der Waals surface area (Å²) in [4.78, 5) is 10.4. The van der Waals surface area contributed by atoms with Crippen molar-refractivity contribution < 1.29 is 4.79 Å². The molecule has 0 heterocycles. The Balaban J connectivity index is 1.66. The van der Waals surface area contributed by atoms with Gasteiger partial charge in [-0.1, -0.05) is 50.0 Å². The van der Waals surface area contributed by atoms with Crippen molar-refractivity contribution in [3.05, 3.63) is 23.8 Å². The lowest BCUT2D eigenvalue weighted by Crippen LogP contribution is -2.07. The van der Waals surface area contributed by atoms with Crippen LogP contribution in [0.2, 0.25) is 0 Å². The lowest BCUT2D eigenvalue weighted by atomic mass is 9.89. The van der Waals surface area contributed by atoms with E-state index in [2.05, 4.69) is 25.2 Å². The zero-order chi connectivity index (χ0) is 15.6. The maximum atomic E-state index is 10.4. The van der Waals surface area contributed by atoms with E-state index >= 15 is 0 Å². The van der Waals surface area contributed by atoms with Crippen molar-refractivity contribution in [2.24, 2.45) is 17.8 Å². The van der Waals surface area contributed by atoms with E-state index in [9.17, 15) is 4.79 Å². The van der Waals surface area contributed by atoms with Crippen LogP contribution in [0.5, 0.6) is 0 Å². The molecule has 124 valence electrons. The molecule has 1 nitrogen and oxygen atoms in total. The molecule has 2 rings (SSSR count). The van der Waals surface area contributed by atoms with Gasteiger partial charge in [0.2, 0.25) is 0 Å². The molecule has 0 amide bonds. The number of allylic oxidation sites excluding steroid dienone is 4. The van der Waals surface area contributed by atoms with E-state index in [0.29, 0.717) is 0 Å². The number of rotatable bonds is 11. The topological polar surface area (TPSA) is 17.1 Å². The van der Waals surface area contributed by atoms with Crippen LogP contribution >= 0.6 is 0 Å². The summed E-state index contributed by atoms with van der Waals surface area (Å²) in [6, 6.07) is 0. The molecule has 2 aliphatic rings. The van der Waals surface area contributed by atoms with E-state index in [0.717, 1.165) is 36.9 Å². The van der Waals surface area contributed by atoms with E-state index < -0.39 is 0 Å². The average Bonchev–Trinajstić information content (AvgIpc) is 3.08. The molecule has 1 heteroatoms. The summed E-state index contributed by atoms with van der Waals surface area (Å²) in [7, 11) is 0. The number of carbonyl (C=O) groups excluding carboxylic acids is 1. The van der Waals surface area contributed by atoms with Crippen LogP contribution in [0.1, 0.15) is 84.0 Å². The summed E-state index contributed by atoms with van der Waals surface area (Å²) in [6.07, 6.45) is 23.8. The first-order valence-electron chi connectivity index (χ1n) is 9.65. The molecule has 0 saturated heterocycles. The molecule has 0 spiro atoms. The van der Waals surface area contributed by atoms with Crippen molar-refractivity contribution in [1.82, 2.24) is 0 Å². The lowest BCUT2D eigenvalue weighted by Gasteiger charge is -2.15. The molecule has 0 bridgehead atoms. The van der Waals surface area contributed by atoms with Gasteiger partial charge in [0.15, 0.2) is 0 Å². The Bertz CT molecular complexity index is 379. The van der Waals surface area contributed by atoms with E-state index in [1.807, 2.05) is 0 Å². The zero-order valence-electron chi connectivity index (χ0n) is 14.4. The highest BCUT2D eigenvalue weighted by molar-refractivity contribution is 5.48. The fourth-order valence-electron chi connectivity index (χ4n) is 4.28. The zero-order valence-corrected chi connectivity index (χ0v) is 14.4. The first kappa shape index (κ1) is 17.5. The number of hydrogen-bond acceptors (Lipinski definition) is 1. The molecule has 0 aromatic carbocycles. The van der Waals surface area contributed by atoms with Crippen LogP contribution < -0.4 is 0 Å². The van der Waals surface area contributed by atoms with E-state index in [1.165, 1.54) is 64.2 Å². The molecule has 0 aromatic rings. The van der Waals surface area contributed by atoms with Gasteiger partial charge in [-0.05, 0) is 69.1 Å². The van der Waals surface area contributed by atoms with Crippen molar-refractivity contribution in [1.29, 1.82) is 0 Å². The minimum absolute atomic E-state index is 0.740. The molecule has 22 heavy (non-hydrogen) atoms. The molecular formula is C21H34O. The molecule has 0 N–H and O–H groups in total. The predicted molar refractivity (Wildman–Crippen MR) is 94.8 cm³/mol. The van der Waals surface area contributed by atoms with Crippen LogP contribution in [-0.2, 0) is 4.79 Å². The number of carbonyl (C=O) groups is 1. The molecule has 1 unspecified atom stereocenters. The van der Waals surface area contributed by atoms with Crippen LogP contribution in [0.3, 0.4) is 0 Å². The molecule has 1 fully saturated rings. The Morgan fingerprint density at radius 3 is 2.77 bits per heavy atom. The number of fused-ring (bicyclic) bond motifs is 1. The Hall–Kier alpha value is -0.850. The monoisotopic (exact) mass is 302 g/mol. The predicted octanol–water partition coefficient (Wildman–Crippen LogP) is 6.24. The van der Waals surface area contributed by atoms with E-state index in [1.54, 1.807) is 5.57 Å². The van der Waals surface area contributed by atoms with Gasteiger partial charge in [0.1, 0.15) is 6.29 Å². The molecule has 0 aromatic heterocycles. The maximum Gasteiger partial charge on any atom is 0.119 e. The van der Waals surface area contributed by atoms with Gasteiger partial charge in [-0.3, -0.25) is 0 Å². The first-order chi connectivity index (χ1) is 10.8. The van der Waals surface area contributed by atoms with Crippen LogP contribution in [0.25, 0.3) is 0 Å². The molecule has 2 aliphatic carbocycles. The second kappa shape index (κ2) is 10.0. The average molecular weight is 303 g/mol. The molecule has 1 saturated carbocycles. The molecule has 0 radical (unpaired) electrons. The molecule has 0 aliphatic heterocycles. The number of aldehydes is 1. The van der Waals surface area contributed by atoms with Gasteiger partial charge in [0.05, 0.1) is 0 Å². The van der Waals surface area contributed by atoms with Crippen molar-refractivity contribution in [3.63, 3.8) is 0 Å². The third kappa shape index (κ3) is 5.41. The van der Waals surface area contributed by atoms with Crippen molar-refractivity contribution in [2.75, 3.05) is 0 Å². The highest BCUT2D eigenvalue weighted by atomic mass is 16.1. The fourth-order valence-corrected chi connectivity index (χ4v) is 4.28. The van der Waals surface area contributed by atoms with Gasteiger partial charge >= 0.3 is 0 Å². The summed E-state index contributed by atoms with van der Waals surface area (Å²) in [5.41, 5.74) is 1.68. The fraction of sp³-hybridized carbons (Fsp3) is 0.762. The van der Waals surface area contributed by atoms with Crippen LogP contribution in [0, 0.1) is 17.8 Å². The van der Waals surface area contributed by atoms with Gasteiger partial charge in [-0.15, -0.1) is 0 Å². The van der Waals surface area contributed by atoms with Crippen molar-refractivity contribution in [3.8, 4) is 0 Å². The third-order valence-electron chi connectivity index (χ3n) is 5.56. The second-order valence-electron chi connectivity index (χ2n) is 7.29. The minimum Gasteiger partial charge on any atom is -0.303 e. The van der Waals surface area contributed by atoms with Gasteiger partial charge in [0.25, 0.3) is 0 Å². The van der Waals surface area contributed by atoms with Gasteiger partial charge in [0, 0.05) is 6.42 Å². The van der Waals surface area contributed by atoms with Crippen molar-refractivity contribution in [2.45, 2.75) is 84.0 Å². The van der Waals surface area contributed by atoms with Crippen molar-refractivity contribution >= 4 is 6.29 Å². The summed E-state index contributed by atoms with van der Waals surface area (Å²) >= 11 is 0. The standard InChI is InChI=1S/C21H34O/c1-2-3-4-5-6-9-12-19-13-14-20-16-18(17-21(19)20)11-8-7-10-15-22/h9,12,15-16,19-21H,2-8,10-11,13-14,17H2,1H3/b12-9+/t19?,20-,21-/m1/s1. The Morgan fingerprint density at radius 2 is 1.95 bits per heavy atom. The third-order valence-corrected chi connectivity index (χ3v) is 5.56. The quantitative estimate of drug-likeness (QED) is 0.250. The van der Waals surface area contributed by atoms with Gasteiger partial charge < -0.3 is 4.79 Å². The Labute approximate surface area is 137 Å². The summed E-state index contributed by atoms with van der Waals surface area (Å²) in [5.74, 6) is 2.59. The van der Waals surface area contributed by atoms with E-state index in [4.69, 9.17) is 0 Å². The van der Waals surface area contributed by atoms with E-state index in [-0.39, 0.29) is 0 Å². The largest absolute Gasteiger partial charge is 0.303 e. The molecule has 3 atom stereocenters. The Morgan fingerprint density at radius 1 is 1.09 bits per heavy atom. The van der Waals surface area contributed by atoms with Crippen LogP contribution in [0.4, 0.5) is 0 Å². The van der Waals surface area contributed by atoms with Crippen LogP contribution in [0.15, 0.2) is 23.8 Å². The summed E-state index contributed by atoms with van der Waals surface area (Å²) < 4.78 is 0. The lowest BCUT2D eigenvalue weighted by molar-refractivity contribution is -0.107.